The summed E-state index contributed by atoms with van der Waals surface area (Å²) in [6.45, 7) is 4.45. The Balaban J connectivity index is 1.16. The molecule has 1 aliphatic heterocycles. The van der Waals surface area contributed by atoms with Crippen LogP contribution in [-0.4, -0.2) is 48.0 Å². The molecule has 2 amide bonds. The number of nitrogens with zero attached hydrogens (tertiary/aromatic N) is 2. The number of piperazine rings is 1. The minimum absolute atomic E-state index is 0.0449. The average Bonchev–Trinajstić information content (AvgIpc) is 3.43. The van der Waals surface area contributed by atoms with Gasteiger partial charge in [0.2, 0.25) is 0 Å². The van der Waals surface area contributed by atoms with E-state index in [-0.39, 0.29) is 16.8 Å². The second-order valence-corrected chi connectivity index (χ2v) is 11.1. The Morgan fingerprint density at radius 1 is 0.878 bits per heavy atom. The van der Waals surface area contributed by atoms with Gasteiger partial charge in [-0.1, -0.05) is 53.0 Å². The third kappa shape index (κ3) is 6.68. The number of furan rings is 1. The highest BCUT2D eigenvalue weighted by molar-refractivity contribution is 7.80. The highest BCUT2D eigenvalue weighted by atomic mass is 35.5. The van der Waals surface area contributed by atoms with Crippen LogP contribution in [0.4, 0.5) is 11.4 Å². The van der Waals surface area contributed by atoms with Crippen LogP contribution >= 0.6 is 47.0 Å². The molecule has 41 heavy (non-hydrogen) atoms. The number of hydrogen-bond donors (Lipinski definition) is 2. The van der Waals surface area contributed by atoms with Crippen LogP contribution in [0.3, 0.4) is 0 Å². The van der Waals surface area contributed by atoms with Crippen LogP contribution in [0.2, 0.25) is 15.1 Å². The topological polar surface area (TPSA) is 77.8 Å². The third-order valence-corrected chi connectivity index (χ3v) is 7.80. The zero-order valence-electron chi connectivity index (χ0n) is 21.9. The number of nitrogens with one attached hydrogen (secondary N) is 2. The van der Waals surface area contributed by atoms with Crippen LogP contribution in [0.25, 0.3) is 11.3 Å². The Morgan fingerprint density at radius 3 is 2.34 bits per heavy atom. The average molecular weight is 628 g/mol. The van der Waals surface area contributed by atoms with Gasteiger partial charge in [-0.25, -0.2) is 0 Å². The van der Waals surface area contributed by atoms with Crippen molar-refractivity contribution in [1.29, 1.82) is 0 Å². The predicted molar refractivity (Wildman–Crippen MR) is 169 cm³/mol. The summed E-state index contributed by atoms with van der Waals surface area (Å²) in [5.41, 5.74) is 3.79. The van der Waals surface area contributed by atoms with E-state index in [1.54, 1.807) is 30.3 Å². The van der Waals surface area contributed by atoms with E-state index in [9.17, 15) is 9.59 Å². The van der Waals surface area contributed by atoms with E-state index in [2.05, 4.69) is 15.5 Å². The molecule has 0 radical (unpaired) electrons. The Labute approximate surface area is 258 Å². The Kier molecular flexibility index (Phi) is 8.85. The maximum atomic E-state index is 13.0. The molecule has 0 spiro atoms. The fourth-order valence-electron chi connectivity index (χ4n) is 4.60. The largest absolute Gasteiger partial charge is 0.451 e. The van der Waals surface area contributed by atoms with Gasteiger partial charge in [0, 0.05) is 48.0 Å². The molecule has 1 aromatic heterocycles. The van der Waals surface area contributed by atoms with Crippen LogP contribution in [0.15, 0.2) is 77.2 Å². The lowest BCUT2D eigenvalue weighted by molar-refractivity contribution is 0.0746. The molecule has 7 nitrogen and oxygen atoms in total. The standard InChI is InChI=1S/C30H25Cl3N4O3S/c1-18-4-2-3-5-21(18)29(39)37-14-12-36(13-15-37)25-9-7-20(17-24(25)33)34-30(41)35-28(38)27-11-10-26(40-27)22-8-6-19(31)16-23(22)32/h2-11,16-17H,12-15H2,1H3,(H2,34,35,38,41). The first-order valence-corrected chi connectivity index (χ1v) is 14.3. The van der Waals surface area contributed by atoms with Gasteiger partial charge in [0.1, 0.15) is 5.76 Å². The minimum Gasteiger partial charge on any atom is -0.451 e. The van der Waals surface area contributed by atoms with Gasteiger partial charge in [-0.2, -0.15) is 0 Å². The van der Waals surface area contributed by atoms with E-state index in [0.717, 1.165) is 16.8 Å². The summed E-state index contributed by atoms with van der Waals surface area (Å²) in [7, 11) is 0. The lowest BCUT2D eigenvalue weighted by Crippen LogP contribution is -2.49. The second kappa shape index (κ2) is 12.5. The molecular formula is C30H25Cl3N4O3S. The molecule has 210 valence electrons. The normalized spacial score (nSPS) is 13.2. The number of anilines is 2. The van der Waals surface area contributed by atoms with Gasteiger partial charge < -0.3 is 19.5 Å². The molecule has 0 saturated carbocycles. The zero-order chi connectivity index (χ0) is 29.1. The van der Waals surface area contributed by atoms with E-state index < -0.39 is 5.91 Å². The predicted octanol–water partition coefficient (Wildman–Crippen LogP) is 7.30. The van der Waals surface area contributed by atoms with Crippen LogP contribution in [0.5, 0.6) is 0 Å². The Bertz CT molecular complexity index is 1630. The fraction of sp³-hybridized carbons (Fsp3) is 0.167. The molecule has 3 aromatic carbocycles. The van der Waals surface area contributed by atoms with Crippen molar-refractivity contribution < 1.29 is 14.0 Å². The molecule has 1 aliphatic rings. The minimum atomic E-state index is -0.514. The first-order chi connectivity index (χ1) is 19.7. The van der Waals surface area contributed by atoms with Crippen LogP contribution < -0.4 is 15.5 Å². The summed E-state index contributed by atoms with van der Waals surface area (Å²) < 4.78 is 5.68. The van der Waals surface area contributed by atoms with Gasteiger partial charge in [0.15, 0.2) is 10.9 Å². The molecule has 0 bridgehead atoms. The van der Waals surface area contributed by atoms with Crippen molar-refractivity contribution in [3.8, 4) is 11.3 Å². The van der Waals surface area contributed by atoms with Crippen LogP contribution in [-0.2, 0) is 0 Å². The van der Waals surface area contributed by atoms with E-state index in [4.69, 9.17) is 51.4 Å². The summed E-state index contributed by atoms with van der Waals surface area (Å²) in [6.07, 6.45) is 0. The SMILES string of the molecule is Cc1ccccc1C(=O)N1CCN(c2ccc(NC(=S)NC(=O)c3ccc(-c4ccc(Cl)cc4Cl)o3)cc2Cl)CC1. The first kappa shape index (κ1) is 29.0. The first-order valence-electron chi connectivity index (χ1n) is 12.8. The number of carbonyl (C=O) groups is 2. The molecule has 2 heterocycles. The number of carbonyl (C=O) groups excluding carboxylic acids is 2. The van der Waals surface area contributed by atoms with Crippen LogP contribution in [0, 0.1) is 6.92 Å². The van der Waals surface area contributed by atoms with Gasteiger partial charge in [0.25, 0.3) is 11.8 Å². The molecule has 11 heteroatoms. The molecule has 1 saturated heterocycles. The number of aryl methyl sites for hydroxylation is 1. The number of amides is 2. The maximum absolute atomic E-state index is 13.0. The molecule has 0 atom stereocenters. The Morgan fingerprint density at radius 2 is 1.63 bits per heavy atom. The molecule has 4 aromatic rings. The molecule has 2 N–H and O–H groups in total. The summed E-state index contributed by atoms with van der Waals surface area (Å²) >= 11 is 24.1. The highest BCUT2D eigenvalue weighted by Gasteiger charge is 2.24. The highest BCUT2D eigenvalue weighted by Crippen LogP contribution is 2.32. The molecule has 5 rings (SSSR count). The van der Waals surface area contributed by atoms with Crippen molar-refractivity contribution in [3.63, 3.8) is 0 Å². The maximum Gasteiger partial charge on any atom is 0.293 e. The lowest BCUT2D eigenvalue weighted by Gasteiger charge is -2.36. The molecule has 0 unspecified atom stereocenters. The van der Waals surface area contributed by atoms with Gasteiger partial charge in [-0.05, 0) is 79.3 Å². The third-order valence-electron chi connectivity index (χ3n) is 6.74. The van der Waals surface area contributed by atoms with E-state index >= 15 is 0 Å². The number of thiocarbonyl (C=S) groups is 1. The lowest BCUT2D eigenvalue weighted by atomic mass is 10.1. The quantitative estimate of drug-likeness (QED) is 0.226. The van der Waals surface area contributed by atoms with Gasteiger partial charge >= 0.3 is 0 Å². The smallest absolute Gasteiger partial charge is 0.293 e. The van der Waals surface area contributed by atoms with Crippen molar-refractivity contribution in [2.24, 2.45) is 0 Å². The van der Waals surface area contributed by atoms with Gasteiger partial charge in [-0.15, -0.1) is 0 Å². The number of hydrogen-bond acceptors (Lipinski definition) is 5. The summed E-state index contributed by atoms with van der Waals surface area (Å²) in [5.74, 6) is 0.0326. The van der Waals surface area contributed by atoms with Crippen molar-refractivity contribution >= 4 is 75.3 Å². The van der Waals surface area contributed by atoms with E-state index in [1.807, 2.05) is 48.2 Å². The summed E-state index contributed by atoms with van der Waals surface area (Å²) in [5, 5.41) is 7.11. The van der Waals surface area contributed by atoms with Crippen molar-refractivity contribution in [1.82, 2.24) is 10.2 Å². The van der Waals surface area contributed by atoms with Crippen molar-refractivity contribution in [2.75, 3.05) is 36.4 Å². The molecule has 1 fully saturated rings. The number of halogens is 3. The molecular weight excluding hydrogens is 603 g/mol. The zero-order valence-corrected chi connectivity index (χ0v) is 25.0. The summed E-state index contributed by atoms with van der Waals surface area (Å²) in [6, 6.07) is 21.3. The van der Waals surface area contributed by atoms with E-state index in [1.165, 1.54) is 6.07 Å². The van der Waals surface area contributed by atoms with Crippen molar-refractivity contribution in [2.45, 2.75) is 6.92 Å². The second-order valence-electron chi connectivity index (χ2n) is 9.46. The number of rotatable bonds is 5. The van der Waals surface area contributed by atoms with Crippen LogP contribution in [0.1, 0.15) is 26.5 Å². The monoisotopic (exact) mass is 626 g/mol. The fourth-order valence-corrected chi connectivity index (χ4v) is 5.61. The summed E-state index contributed by atoms with van der Waals surface area (Å²) in [4.78, 5) is 29.7. The Hall–Kier alpha value is -3.56. The van der Waals surface area contributed by atoms with Crippen molar-refractivity contribution in [3.05, 3.63) is 105 Å². The number of benzene rings is 3. The van der Waals surface area contributed by atoms with E-state index in [0.29, 0.717) is 58.3 Å². The van der Waals surface area contributed by atoms with Gasteiger partial charge in [0.05, 0.1) is 15.7 Å². The molecule has 0 aliphatic carbocycles. The van der Waals surface area contributed by atoms with Gasteiger partial charge in [-0.3, -0.25) is 14.9 Å².